The molecule has 4 rings (SSSR count). The van der Waals surface area contributed by atoms with Gasteiger partial charge in [0, 0.05) is 18.2 Å². The Morgan fingerprint density at radius 3 is 2.23 bits per heavy atom. The first-order valence-corrected chi connectivity index (χ1v) is 11.5. The molecule has 1 heterocycles. The third-order valence-corrected chi connectivity index (χ3v) is 6.76. The van der Waals surface area contributed by atoms with Gasteiger partial charge in [-0.1, -0.05) is 18.2 Å². The number of halogens is 1. The molecule has 0 saturated heterocycles. The molecule has 0 fully saturated rings. The molecule has 0 atom stereocenters. The van der Waals surface area contributed by atoms with Gasteiger partial charge in [-0.25, -0.2) is 17.5 Å². The number of carbonyl (C=O) groups is 4. The summed E-state index contributed by atoms with van der Waals surface area (Å²) in [6.07, 6.45) is 0. The van der Waals surface area contributed by atoms with E-state index < -0.39 is 44.2 Å². The first kappa shape index (κ1) is 23.8. The van der Waals surface area contributed by atoms with E-state index in [4.69, 9.17) is 4.74 Å². The van der Waals surface area contributed by atoms with Crippen molar-refractivity contribution < 1.29 is 36.7 Å². The molecule has 0 spiro atoms. The number of nitrogens with zero attached hydrogens (tertiary/aromatic N) is 1. The van der Waals surface area contributed by atoms with E-state index in [-0.39, 0.29) is 33.6 Å². The van der Waals surface area contributed by atoms with Crippen molar-refractivity contribution in [2.75, 3.05) is 14.2 Å². The Bertz CT molecular complexity index is 1530. The molecule has 1 aliphatic heterocycles. The second-order valence-corrected chi connectivity index (χ2v) is 9.22. The number of fused-ring (bicyclic) bond motifs is 1. The highest BCUT2D eigenvalue weighted by Gasteiger charge is 2.34. The van der Waals surface area contributed by atoms with Crippen LogP contribution in [0, 0.1) is 5.82 Å². The average molecular weight is 496 g/mol. The van der Waals surface area contributed by atoms with E-state index in [0.29, 0.717) is 0 Å². The normalized spacial score (nSPS) is 12.9. The van der Waals surface area contributed by atoms with E-state index in [2.05, 4.69) is 0 Å². The highest BCUT2D eigenvalue weighted by molar-refractivity contribution is 7.90. The number of ether oxygens (including phenoxy) is 1. The number of benzene rings is 3. The summed E-state index contributed by atoms with van der Waals surface area (Å²) < 4.78 is 46.5. The number of hydrogen-bond acceptors (Lipinski definition) is 7. The predicted molar refractivity (Wildman–Crippen MR) is 120 cm³/mol. The van der Waals surface area contributed by atoms with Gasteiger partial charge in [0.05, 0.1) is 28.7 Å². The van der Waals surface area contributed by atoms with Crippen LogP contribution in [-0.2, 0) is 10.0 Å². The third kappa shape index (κ3) is 4.17. The maximum atomic E-state index is 14.1. The Balaban J connectivity index is 1.64. The summed E-state index contributed by atoms with van der Waals surface area (Å²) in [5, 5.41) is 0. The smallest absolute Gasteiger partial charge is 0.265 e. The predicted octanol–water partition coefficient (Wildman–Crippen LogP) is 2.41. The maximum Gasteiger partial charge on any atom is 0.265 e. The summed E-state index contributed by atoms with van der Waals surface area (Å²) in [5.41, 5.74) is -0.543. The van der Waals surface area contributed by atoms with E-state index in [0.717, 1.165) is 23.1 Å². The molecule has 178 valence electrons. The second-order valence-electron chi connectivity index (χ2n) is 7.54. The highest BCUT2D eigenvalue weighted by Crippen LogP contribution is 2.25. The van der Waals surface area contributed by atoms with Crippen LogP contribution in [-0.4, -0.2) is 51.0 Å². The molecule has 11 heteroatoms. The van der Waals surface area contributed by atoms with Gasteiger partial charge in [-0.05, 0) is 42.5 Å². The van der Waals surface area contributed by atoms with Crippen molar-refractivity contribution in [2.24, 2.45) is 0 Å². The number of ketones is 1. The van der Waals surface area contributed by atoms with Gasteiger partial charge >= 0.3 is 0 Å². The van der Waals surface area contributed by atoms with Crippen molar-refractivity contribution in [2.45, 2.75) is 4.90 Å². The first-order valence-electron chi connectivity index (χ1n) is 10.1. The summed E-state index contributed by atoms with van der Waals surface area (Å²) >= 11 is 0. The fraction of sp³-hybridized carbons (Fsp3) is 0.0833. The first-order chi connectivity index (χ1) is 16.5. The summed E-state index contributed by atoms with van der Waals surface area (Å²) in [7, 11) is -1.94. The minimum absolute atomic E-state index is 0.0467. The van der Waals surface area contributed by atoms with Crippen LogP contribution in [0.3, 0.4) is 0 Å². The highest BCUT2D eigenvalue weighted by atomic mass is 32.2. The fourth-order valence-electron chi connectivity index (χ4n) is 3.59. The van der Waals surface area contributed by atoms with Crippen LogP contribution in [0.5, 0.6) is 5.75 Å². The van der Waals surface area contributed by atoms with Gasteiger partial charge in [0.1, 0.15) is 0 Å². The molecule has 35 heavy (non-hydrogen) atoms. The topological polar surface area (TPSA) is 127 Å². The van der Waals surface area contributed by atoms with Gasteiger partial charge in [-0.3, -0.25) is 24.1 Å². The lowest BCUT2D eigenvalue weighted by atomic mass is 9.98. The number of nitrogens with one attached hydrogen (secondary N) is 1. The molecule has 3 amide bonds. The van der Waals surface area contributed by atoms with Crippen LogP contribution in [0.1, 0.15) is 47.0 Å². The standard InChI is InChI=1S/C24H17FN2O7S/c1-27-23(30)17-9-8-14(12-18(17)24(27)31)35(32,33)26-22(29)16-6-4-3-5-15(16)21(28)13-7-10-20(34-2)19(25)11-13/h3-12H,1-2H3,(H,26,29). The Kier molecular flexibility index (Phi) is 5.95. The van der Waals surface area contributed by atoms with Gasteiger partial charge in [0.2, 0.25) is 0 Å². The molecule has 0 aromatic heterocycles. The van der Waals surface area contributed by atoms with Crippen molar-refractivity contribution in [1.29, 1.82) is 0 Å². The molecule has 9 nitrogen and oxygen atoms in total. The van der Waals surface area contributed by atoms with E-state index in [9.17, 15) is 32.0 Å². The second kappa shape index (κ2) is 8.76. The van der Waals surface area contributed by atoms with Gasteiger partial charge in [-0.2, -0.15) is 0 Å². The molecule has 3 aromatic carbocycles. The van der Waals surface area contributed by atoms with Gasteiger partial charge in [0.15, 0.2) is 17.3 Å². The zero-order valence-electron chi connectivity index (χ0n) is 18.4. The SMILES string of the molecule is COc1ccc(C(=O)c2ccccc2C(=O)NS(=O)(=O)c2ccc3c(c2)C(=O)N(C)C3=O)cc1F. The zero-order chi connectivity index (χ0) is 25.5. The van der Waals surface area contributed by atoms with E-state index >= 15 is 0 Å². The lowest BCUT2D eigenvalue weighted by molar-refractivity contribution is 0.0692. The zero-order valence-corrected chi connectivity index (χ0v) is 19.2. The fourth-order valence-corrected chi connectivity index (χ4v) is 4.58. The number of amides is 3. The van der Waals surface area contributed by atoms with Crippen LogP contribution >= 0.6 is 0 Å². The number of hydrogen-bond donors (Lipinski definition) is 1. The van der Waals surface area contributed by atoms with Crippen LogP contribution in [0.15, 0.2) is 65.6 Å². The van der Waals surface area contributed by atoms with Crippen LogP contribution in [0.25, 0.3) is 0 Å². The number of carbonyl (C=O) groups excluding carboxylic acids is 4. The molecule has 0 radical (unpaired) electrons. The summed E-state index contributed by atoms with van der Waals surface area (Å²) in [6.45, 7) is 0. The van der Waals surface area contributed by atoms with E-state index in [1.807, 2.05) is 4.72 Å². The molecular weight excluding hydrogens is 479 g/mol. The Labute approximate surface area is 199 Å². The monoisotopic (exact) mass is 496 g/mol. The summed E-state index contributed by atoms with van der Waals surface area (Å²) in [5.74, 6) is -3.91. The lowest BCUT2D eigenvalue weighted by Gasteiger charge is -2.11. The maximum absolute atomic E-state index is 14.1. The van der Waals surface area contributed by atoms with Crippen molar-refractivity contribution in [3.63, 3.8) is 0 Å². The number of sulfonamides is 1. The molecule has 1 N–H and O–H groups in total. The number of imide groups is 1. The van der Waals surface area contributed by atoms with Gasteiger partial charge in [0.25, 0.3) is 27.7 Å². The van der Waals surface area contributed by atoms with E-state index in [1.54, 1.807) is 0 Å². The largest absolute Gasteiger partial charge is 0.494 e. The molecule has 1 aliphatic rings. The van der Waals surface area contributed by atoms with Crippen molar-refractivity contribution >= 4 is 33.5 Å². The molecule has 0 aliphatic carbocycles. The minimum Gasteiger partial charge on any atom is -0.494 e. The molecule has 0 saturated carbocycles. The van der Waals surface area contributed by atoms with Gasteiger partial charge in [-0.15, -0.1) is 0 Å². The van der Waals surface area contributed by atoms with Crippen LogP contribution < -0.4 is 9.46 Å². The Morgan fingerprint density at radius 2 is 1.57 bits per heavy atom. The van der Waals surface area contributed by atoms with Crippen LogP contribution in [0.2, 0.25) is 0 Å². The molecule has 3 aromatic rings. The third-order valence-electron chi connectivity index (χ3n) is 5.43. The van der Waals surface area contributed by atoms with Crippen molar-refractivity contribution in [3.8, 4) is 5.75 Å². The molecule has 0 bridgehead atoms. The molecular formula is C24H17FN2O7S. The number of methoxy groups -OCH3 is 1. The van der Waals surface area contributed by atoms with Crippen LogP contribution in [0.4, 0.5) is 4.39 Å². The van der Waals surface area contributed by atoms with Crippen molar-refractivity contribution in [3.05, 3.63) is 94.3 Å². The summed E-state index contributed by atoms with van der Waals surface area (Å²) in [4.78, 5) is 50.5. The van der Waals surface area contributed by atoms with Crippen molar-refractivity contribution in [1.82, 2.24) is 9.62 Å². The van der Waals surface area contributed by atoms with E-state index in [1.165, 1.54) is 56.6 Å². The molecule has 0 unspecified atom stereocenters. The Morgan fingerprint density at radius 1 is 0.914 bits per heavy atom. The summed E-state index contributed by atoms with van der Waals surface area (Å²) in [6, 6.07) is 12.3. The minimum atomic E-state index is -4.48. The number of rotatable bonds is 6. The average Bonchev–Trinajstić information content (AvgIpc) is 3.06. The Hall–Kier alpha value is -4.38. The quantitative estimate of drug-likeness (QED) is 0.410. The lowest BCUT2D eigenvalue weighted by Crippen LogP contribution is -2.32. The van der Waals surface area contributed by atoms with Gasteiger partial charge < -0.3 is 4.74 Å².